The van der Waals surface area contributed by atoms with E-state index in [1.165, 1.54) is 10.9 Å². The third-order valence-corrected chi connectivity index (χ3v) is 6.27. The highest BCUT2D eigenvalue weighted by molar-refractivity contribution is 7.18. The van der Waals surface area contributed by atoms with E-state index in [1.807, 2.05) is 25.4 Å². The van der Waals surface area contributed by atoms with E-state index in [0.717, 1.165) is 44.2 Å². The van der Waals surface area contributed by atoms with Gasteiger partial charge in [-0.25, -0.2) is 4.98 Å². The molecule has 30 heavy (non-hydrogen) atoms. The maximum Gasteiger partial charge on any atom is 0.183 e. The van der Waals surface area contributed by atoms with Gasteiger partial charge in [-0.1, -0.05) is 35.6 Å². The van der Waals surface area contributed by atoms with Gasteiger partial charge in [0.25, 0.3) is 0 Å². The molecule has 0 amide bonds. The number of H-pyrrole nitrogens is 2. The molecule has 7 nitrogen and oxygen atoms in total. The lowest BCUT2D eigenvalue weighted by molar-refractivity contribution is 0.702. The Morgan fingerprint density at radius 3 is 2.93 bits per heavy atom. The molecule has 5 aromatic rings. The van der Waals surface area contributed by atoms with Crippen molar-refractivity contribution in [2.24, 2.45) is 5.73 Å². The van der Waals surface area contributed by atoms with Crippen molar-refractivity contribution in [3.63, 3.8) is 0 Å². The molecule has 2 aromatic carbocycles. The lowest BCUT2D eigenvalue weighted by Crippen LogP contribution is -2.31. The number of hydrogen-bond donors (Lipinski definition) is 5. The van der Waals surface area contributed by atoms with Crippen LogP contribution in [0.4, 0.5) is 10.9 Å². The van der Waals surface area contributed by atoms with Gasteiger partial charge < -0.3 is 21.4 Å². The number of benzene rings is 2. The first-order valence-corrected chi connectivity index (χ1v) is 10.7. The molecule has 1 atom stereocenters. The predicted molar refractivity (Wildman–Crippen MR) is 125 cm³/mol. The number of nitrogens with one attached hydrogen (secondary N) is 4. The van der Waals surface area contributed by atoms with E-state index in [-0.39, 0.29) is 6.04 Å². The molecular weight excluding hydrogens is 394 g/mol. The number of nitrogens with two attached hydrogens (primary N) is 1. The Labute approximate surface area is 177 Å². The molecule has 0 saturated heterocycles. The third kappa shape index (κ3) is 3.51. The van der Waals surface area contributed by atoms with Crippen molar-refractivity contribution >= 4 is 44.1 Å². The monoisotopic (exact) mass is 417 g/mol. The normalized spacial score (nSPS) is 12.5. The maximum atomic E-state index is 6.39. The second-order valence-electron chi connectivity index (χ2n) is 7.32. The maximum absolute atomic E-state index is 6.39. The lowest BCUT2D eigenvalue weighted by atomic mass is 10.1. The molecular formula is C22H23N7S. The summed E-state index contributed by atoms with van der Waals surface area (Å²) in [4.78, 5) is 8.94. The topological polar surface area (TPSA) is 107 Å². The van der Waals surface area contributed by atoms with E-state index in [1.54, 1.807) is 11.3 Å². The van der Waals surface area contributed by atoms with Crippen LogP contribution in [0.3, 0.4) is 0 Å². The molecule has 152 valence electrons. The van der Waals surface area contributed by atoms with Gasteiger partial charge in [0.2, 0.25) is 0 Å². The fourth-order valence-electron chi connectivity index (χ4n) is 3.72. The number of para-hydroxylation sites is 1. The van der Waals surface area contributed by atoms with Crippen LogP contribution in [0, 0.1) is 0 Å². The lowest BCUT2D eigenvalue weighted by Gasteiger charge is -2.11. The van der Waals surface area contributed by atoms with Gasteiger partial charge in [0.05, 0.1) is 10.4 Å². The minimum absolute atomic E-state index is 0.00276. The minimum atomic E-state index is -0.00276. The van der Waals surface area contributed by atoms with Crippen LogP contribution in [0.1, 0.15) is 5.56 Å². The number of fused-ring (bicyclic) bond motifs is 2. The molecule has 3 heterocycles. The van der Waals surface area contributed by atoms with E-state index in [2.05, 4.69) is 67.3 Å². The highest BCUT2D eigenvalue weighted by Gasteiger charge is 2.11. The van der Waals surface area contributed by atoms with E-state index < -0.39 is 0 Å². The Kier molecular flexibility index (Phi) is 4.86. The molecule has 0 fully saturated rings. The summed E-state index contributed by atoms with van der Waals surface area (Å²) in [7, 11) is 1.87. The molecule has 0 aliphatic heterocycles. The Bertz CT molecular complexity index is 1300. The summed E-state index contributed by atoms with van der Waals surface area (Å²) in [5, 5.41) is 17.0. The Balaban J connectivity index is 1.26. The van der Waals surface area contributed by atoms with Crippen molar-refractivity contribution in [2.45, 2.75) is 12.5 Å². The van der Waals surface area contributed by atoms with E-state index >= 15 is 0 Å². The average molecular weight is 418 g/mol. The smallest absolute Gasteiger partial charge is 0.183 e. The van der Waals surface area contributed by atoms with Crippen LogP contribution in [0.25, 0.3) is 32.2 Å². The summed E-state index contributed by atoms with van der Waals surface area (Å²) in [6.45, 7) is 0.664. The Morgan fingerprint density at radius 2 is 2.03 bits per heavy atom. The number of anilines is 2. The summed E-state index contributed by atoms with van der Waals surface area (Å²) >= 11 is 1.63. The van der Waals surface area contributed by atoms with E-state index in [0.29, 0.717) is 6.54 Å². The second kappa shape index (κ2) is 7.81. The van der Waals surface area contributed by atoms with Gasteiger partial charge >= 0.3 is 0 Å². The molecule has 1 unspecified atom stereocenters. The van der Waals surface area contributed by atoms with E-state index in [9.17, 15) is 0 Å². The molecule has 3 aromatic heterocycles. The van der Waals surface area contributed by atoms with E-state index in [4.69, 9.17) is 5.73 Å². The number of aromatic nitrogens is 4. The summed E-state index contributed by atoms with van der Waals surface area (Å²) in [6, 6.07) is 14.6. The number of aromatic amines is 2. The Morgan fingerprint density at radius 1 is 1.13 bits per heavy atom. The van der Waals surface area contributed by atoms with Crippen LogP contribution in [0.15, 0.2) is 54.9 Å². The molecule has 0 aliphatic carbocycles. The van der Waals surface area contributed by atoms with Gasteiger partial charge in [-0.2, -0.15) is 5.10 Å². The first-order valence-electron chi connectivity index (χ1n) is 9.88. The van der Waals surface area contributed by atoms with Crippen LogP contribution < -0.4 is 16.4 Å². The van der Waals surface area contributed by atoms with Crippen molar-refractivity contribution < 1.29 is 0 Å². The highest BCUT2D eigenvalue weighted by atomic mass is 32.1. The standard InChI is InChI=1S/C22H23N7S/c1-24-21-17-9-13(6-7-19(17)28-29-21)20-12-27-22(30-20)26-11-15(23)8-14-10-25-18-5-3-2-4-16(14)18/h2-7,9-10,12,15,25H,8,11,23H2,1H3,(H,26,27)(H2,24,28,29). The zero-order chi connectivity index (χ0) is 20.5. The van der Waals surface area contributed by atoms with Gasteiger partial charge in [0.1, 0.15) is 0 Å². The third-order valence-electron chi connectivity index (χ3n) is 5.26. The fraction of sp³-hybridized carbons (Fsp3) is 0.182. The van der Waals surface area contributed by atoms with Gasteiger partial charge in [-0.15, -0.1) is 0 Å². The first-order chi connectivity index (χ1) is 14.7. The van der Waals surface area contributed by atoms with Crippen LogP contribution in [-0.4, -0.2) is 39.8 Å². The van der Waals surface area contributed by atoms with Crippen LogP contribution in [-0.2, 0) is 6.42 Å². The predicted octanol–water partition coefficient (Wildman–Crippen LogP) is 4.19. The fourth-order valence-corrected chi connectivity index (χ4v) is 4.54. The molecule has 0 aliphatic rings. The summed E-state index contributed by atoms with van der Waals surface area (Å²) < 4.78 is 0. The van der Waals surface area contributed by atoms with Crippen molar-refractivity contribution in [3.8, 4) is 10.4 Å². The summed E-state index contributed by atoms with van der Waals surface area (Å²) in [6.07, 6.45) is 4.76. The number of rotatable bonds is 7. The molecule has 0 saturated carbocycles. The molecule has 5 rings (SSSR count). The molecule has 0 spiro atoms. The largest absolute Gasteiger partial charge is 0.371 e. The number of nitrogens with zero attached hydrogens (tertiary/aromatic N) is 2. The summed E-state index contributed by atoms with van der Waals surface area (Å²) in [5.74, 6) is 0.845. The number of thiazole rings is 1. The van der Waals surface area contributed by atoms with Crippen molar-refractivity contribution in [1.29, 1.82) is 0 Å². The molecule has 8 heteroatoms. The van der Waals surface area contributed by atoms with Crippen molar-refractivity contribution in [3.05, 3.63) is 60.4 Å². The molecule has 0 bridgehead atoms. The zero-order valence-corrected chi connectivity index (χ0v) is 17.4. The second-order valence-corrected chi connectivity index (χ2v) is 8.35. The highest BCUT2D eigenvalue weighted by Crippen LogP contribution is 2.32. The van der Waals surface area contributed by atoms with Gasteiger partial charge in [0, 0.05) is 48.3 Å². The quantitative estimate of drug-likeness (QED) is 0.273. The first kappa shape index (κ1) is 18.7. The van der Waals surface area contributed by atoms with Crippen LogP contribution >= 0.6 is 11.3 Å². The minimum Gasteiger partial charge on any atom is -0.371 e. The van der Waals surface area contributed by atoms with Crippen molar-refractivity contribution in [2.75, 3.05) is 24.2 Å². The molecule has 6 N–H and O–H groups in total. The average Bonchev–Trinajstić information content (AvgIpc) is 3.50. The Hall–Kier alpha value is -3.36. The molecule has 0 radical (unpaired) electrons. The van der Waals surface area contributed by atoms with Crippen molar-refractivity contribution in [1.82, 2.24) is 20.2 Å². The zero-order valence-electron chi connectivity index (χ0n) is 16.6. The number of hydrogen-bond acceptors (Lipinski definition) is 6. The van der Waals surface area contributed by atoms with Crippen LogP contribution in [0.2, 0.25) is 0 Å². The van der Waals surface area contributed by atoms with Gasteiger partial charge in [-0.3, -0.25) is 5.10 Å². The van der Waals surface area contributed by atoms with Crippen LogP contribution in [0.5, 0.6) is 0 Å². The van der Waals surface area contributed by atoms with Gasteiger partial charge in [0.15, 0.2) is 10.9 Å². The SMILES string of the molecule is CNc1n[nH]c2ccc(-c3cnc(NCC(N)Cc4c[nH]c5ccccc45)s3)cc12. The summed E-state index contributed by atoms with van der Waals surface area (Å²) in [5.41, 5.74) is 10.9. The van der Waals surface area contributed by atoms with Gasteiger partial charge in [-0.05, 0) is 35.7 Å².